The van der Waals surface area contributed by atoms with Crippen LogP contribution in [0.1, 0.15) is 25.0 Å². The van der Waals surface area contributed by atoms with E-state index >= 15 is 0 Å². The molecule has 1 aromatic rings. The molecule has 0 heterocycles. The Balaban J connectivity index is 2.52. The highest BCUT2D eigenvalue weighted by molar-refractivity contribution is 9.10. The molecule has 1 aromatic carbocycles. The van der Waals surface area contributed by atoms with Crippen LogP contribution in [0.3, 0.4) is 0 Å². The van der Waals surface area contributed by atoms with Crippen LogP contribution >= 0.6 is 15.9 Å². The van der Waals surface area contributed by atoms with Gasteiger partial charge >= 0.3 is 0 Å². The normalized spacial score (nSPS) is 11.8. The van der Waals surface area contributed by atoms with E-state index in [9.17, 15) is 0 Å². The molecule has 0 radical (unpaired) electrons. The number of rotatable bonds is 5. The molecule has 0 fully saturated rings. The van der Waals surface area contributed by atoms with Crippen LogP contribution in [0, 0.1) is 12.3 Å². The van der Waals surface area contributed by atoms with Crippen LogP contribution in [0.15, 0.2) is 22.7 Å². The van der Waals surface area contributed by atoms with Crippen molar-refractivity contribution in [2.24, 2.45) is 11.1 Å². The molecule has 0 saturated carbocycles. The molecule has 3 heteroatoms. The first-order valence-corrected chi connectivity index (χ1v) is 6.40. The number of benzene rings is 1. The fourth-order valence-corrected chi connectivity index (χ4v) is 1.85. The third kappa shape index (κ3) is 4.24. The standard InChI is InChI=1S/C13H21BrN2/c1-10-4-5-12(14)6-11(10)7-16-9-13(2,3)8-15/h4-6,16H,7-9,15H2,1-3H3. The van der Waals surface area contributed by atoms with E-state index in [0.717, 1.165) is 17.6 Å². The lowest BCUT2D eigenvalue weighted by atomic mass is 9.94. The summed E-state index contributed by atoms with van der Waals surface area (Å²) in [6.07, 6.45) is 0. The summed E-state index contributed by atoms with van der Waals surface area (Å²) in [5.41, 5.74) is 8.51. The minimum Gasteiger partial charge on any atom is -0.330 e. The lowest BCUT2D eigenvalue weighted by Crippen LogP contribution is -2.35. The van der Waals surface area contributed by atoms with Crippen molar-refractivity contribution in [3.8, 4) is 0 Å². The summed E-state index contributed by atoms with van der Waals surface area (Å²) in [7, 11) is 0. The molecule has 0 saturated heterocycles. The van der Waals surface area contributed by atoms with Gasteiger partial charge in [-0.3, -0.25) is 0 Å². The third-order valence-corrected chi connectivity index (χ3v) is 3.28. The summed E-state index contributed by atoms with van der Waals surface area (Å²) in [4.78, 5) is 0. The molecular weight excluding hydrogens is 264 g/mol. The number of nitrogens with one attached hydrogen (secondary N) is 1. The molecule has 0 unspecified atom stereocenters. The maximum Gasteiger partial charge on any atom is 0.0208 e. The molecule has 3 N–H and O–H groups in total. The molecular formula is C13H21BrN2. The summed E-state index contributed by atoms with van der Waals surface area (Å²) in [6, 6.07) is 6.37. The average molecular weight is 285 g/mol. The summed E-state index contributed by atoms with van der Waals surface area (Å²) < 4.78 is 1.13. The van der Waals surface area contributed by atoms with Gasteiger partial charge in [-0.05, 0) is 42.1 Å². The van der Waals surface area contributed by atoms with Crippen LogP contribution in [-0.4, -0.2) is 13.1 Å². The molecule has 90 valence electrons. The van der Waals surface area contributed by atoms with Gasteiger partial charge in [0.15, 0.2) is 0 Å². The van der Waals surface area contributed by atoms with Gasteiger partial charge in [0.1, 0.15) is 0 Å². The van der Waals surface area contributed by atoms with Crippen LogP contribution in [0.4, 0.5) is 0 Å². The van der Waals surface area contributed by atoms with Crippen LogP contribution in [0.5, 0.6) is 0 Å². The second-order valence-corrected chi connectivity index (χ2v) is 5.96. The van der Waals surface area contributed by atoms with Gasteiger partial charge in [0, 0.05) is 17.6 Å². The molecule has 0 aliphatic carbocycles. The van der Waals surface area contributed by atoms with Gasteiger partial charge in [-0.1, -0.05) is 35.8 Å². The van der Waals surface area contributed by atoms with Crippen molar-refractivity contribution in [3.05, 3.63) is 33.8 Å². The van der Waals surface area contributed by atoms with Gasteiger partial charge in [0.25, 0.3) is 0 Å². The van der Waals surface area contributed by atoms with E-state index in [-0.39, 0.29) is 5.41 Å². The van der Waals surface area contributed by atoms with E-state index in [1.807, 2.05) is 0 Å². The minimum atomic E-state index is 0.167. The van der Waals surface area contributed by atoms with Gasteiger partial charge in [-0.25, -0.2) is 0 Å². The van der Waals surface area contributed by atoms with E-state index in [1.54, 1.807) is 0 Å². The first-order chi connectivity index (χ1) is 7.44. The van der Waals surface area contributed by atoms with E-state index in [0.29, 0.717) is 6.54 Å². The first-order valence-electron chi connectivity index (χ1n) is 5.60. The zero-order valence-corrected chi connectivity index (χ0v) is 11.9. The van der Waals surface area contributed by atoms with Crippen molar-refractivity contribution in [2.75, 3.05) is 13.1 Å². The van der Waals surface area contributed by atoms with E-state index < -0.39 is 0 Å². The SMILES string of the molecule is Cc1ccc(Br)cc1CNCC(C)(C)CN. The number of nitrogens with two attached hydrogens (primary N) is 1. The Labute approximate surface area is 107 Å². The lowest BCUT2D eigenvalue weighted by molar-refractivity contribution is 0.351. The molecule has 2 nitrogen and oxygen atoms in total. The van der Waals surface area contributed by atoms with Crippen molar-refractivity contribution in [3.63, 3.8) is 0 Å². The Morgan fingerprint density at radius 2 is 2.06 bits per heavy atom. The highest BCUT2D eigenvalue weighted by Crippen LogP contribution is 2.16. The number of hydrogen-bond acceptors (Lipinski definition) is 2. The van der Waals surface area contributed by atoms with Gasteiger partial charge < -0.3 is 11.1 Å². The predicted octanol–water partition coefficient (Wildman–Crippen LogP) is 2.83. The molecule has 0 amide bonds. The van der Waals surface area contributed by atoms with Crippen molar-refractivity contribution < 1.29 is 0 Å². The van der Waals surface area contributed by atoms with E-state index in [4.69, 9.17) is 5.73 Å². The van der Waals surface area contributed by atoms with Gasteiger partial charge in [0.05, 0.1) is 0 Å². The monoisotopic (exact) mass is 284 g/mol. The highest BCUT2D eigenvalue weighted by Gasteiger charge is 2.14. The summed E-state index contributed by atoms with van der Waals surface area (Å²) in [6.45, 7) is 9.03. The summed E-state index contributed by atoms with van der Waals surface area (Å²) in [5.74, 6) is 0. The second kappa shape index (κ2) is 5.80. The van der Waals surface area contributed by atoms with Gasteiger partial charge in [0.2, 0.25) is 0 Å². The zero-order chi connectivity index (χ0) is 12.2. The topological polar surface area (TPSA) is 38.0 Å². The van der Waals surface area contributed by atoms with Crippen LogP contribution in [-0.2, 0) is 6.54 Å². The first kappa shape index (κ1) is 13.7. The molecule has 0 aromatic heterocycles. The maximum absolute atomic E-state index is 5.69. The van der Waals surface area contributed by atoms with Crippen LogP contribution < -0.4 is 11.1 Å². The Morgan fingerprint density at radius 3 is 2.69 bits per heavy atom. The predicted molar refractivity (Wildman–Crippen MR) is 73.4 cm³/mol. The van der Waals surface area contributed by atoms with Crippen molar-refractivity contribution in [1.29, 1.82) is 0 Å². The van der Waals surface area contributed by atoms with Gasteiger partial charge in [-0.2, -0.15) is 0 Å². The molecule has 1 rings (SSSR count). The smallest absolute Gasteiger partial charge is 0.0208 e. The van der Waals surface area contributed by atoms with E-state index in [1.165, 1.54) is 11.1 Å². The zero-order valence-electron chi connectivity index (χ0n) is 10.3. The number of halogens is 1. The quantitative estimate of drug-likeness (QED) is 0.873. The number of aryl methyl sites for hydroxylation is 1. The minimum absolute atomic E-state index is 0.167. The van der Waals surface area contributed by atoms with E-state index in [2.05, 4.69) is 60.2 Å². The molecule has 0 spiro atoms. The van der Waals surface area contributed by atoms with Crippen LogP contribution in [0.25, 0.3) is 0 Å². The molecule has 0 aliphatic heterocycles. The Bertz CT molecular complexity index is 348. The Hall–Kier alpha value is -0.380. The largest absolute Gasteiger partial charge is 0.330 e. The van der Waals surface area contributed by atoms with Crippen LogP contribution in [0.2, 0.25) is 0 Å². The Morgan fingerprint density at radius 1 is 1.38 bits per heavy atom. The molecule has 16 heavy (non-hydrogen) atoms. The lowest BCUT2D eigenvalue weighted by Gasteiger charge is -2.23. The van der Waals surface area contributed by atoms with Crippen molar-refractivity contribution in [1.82, 2.24) is 5.32 Å². The molecule has 0 aliphatic rings. The average Bonchev–Trinajstić information content (AvgIpc) is 2.23. The molecule has 0 atom stereocenters. The van der Waals surface area contributed by atoms with Crippen molar-refractivity contribution >= 4 is 15.9 Å². The van der Waals surface area contributed by atoms with Crippen molar-refractivity contribution in [2.45, 2.75) is 27.3 Å². The third-order valence-electron chi connectivity index (χ3n) is 2.78. The summed E-state index contributed by atoms with van der Waals surface area (Å²) >= 11 is 3.49. The molecule has 0 bridgehead atoms. The number of hydrogen-bond donors (Lipinski definition) is 2. The Kier molecular flexibility index (Phi) is 4.96. The fourth-order valence-electron chi connectivity index (χ4n) is 1.44. The summed E-state index contributed by atoms with van der Waals surface area (Å²) in [5, 5.41) is 3.46. The fraction of sp³-hybridized carbons (Fsp3) is 0.538. The van der Waals surface area contributed by atoms with Gasteiger partial charge in [-0.15, -0.1) is 0 Å². The second-order valence-electron chi connectivity index (χ2n) is 5.04. The highest BCUT2D eigenvalue weighted by atomic mass is 79.9. The maximum atomic E-state index is 5.69.